The monoisotopic (exact) mass is 588 g/mol. The molecule has 1 fully saturated rings. The highest BCUT2D eigenvalue weighted by molar-refractivity contribution is 7.13. The number of likely N-dealkylation sites (tertiary alicyclic amines) is 1. The molecule has 3 heterocycles. The van der Waals surface area contributed by atoms with Gasteiger partial charge in [-0.3, -0.25) is 14.4 Å². The summed E-state index contributed by atoms with van der Waals surface area (Å²) in [6.07, 6.45) is -0.671. The molecular formula is C33H40N4O4S. The van der Waals surface area contributed by atoms with Crippen LogP contribution in [-0.2, 0) is 16.1 Å². The van der Waals surface area contributed by atoms with E-state index in [0.29, 0.717) is 12.1 Å². The van der Waals surface area contributed by atoms with Gasteiger partial charge in [-0.2, -0.15) is 0 Å². The topological polar surface area (TPSA) is 103 Å². The van der Waals surface area contributed by atoms with Gasteiger partial charge in [-0.25, -0.2) is 4.98 Å². The summed E-state index contributed by atoms with van der Waals surface area (Å²) in [5, 5.41) is 13.9. The average Bonchev–Trinajstić information content (AvgIpc) is 3.64. The van der Waals surface area contributed by atoms with E-state index < -0.39 is 18.2 Å². The van der Waals surface area contributed by atoms with E-state index in [4.69, 9.17) is 0 Å². The predicted molar refractivity (Wildman–Crippen MR) is 164 cm³/mol. The summed E-state index contributed by atoms with van der Waals surface area (Å²) in [5.41, 5.74) is 6.03. The van der Waals surface area contributed by atoms with Crippen LogP contribution < -0.4 is 5.32 Å². The highest BCUT2D eigenvalue weighted by Gasteiger charge is 2.46. The maximum Gasteiger partial charge on any atom is 0.255 e. The lowest BCUT2D eigenvalue weighted by atomic mass is 9.82. The molecule has 0 bridgehead atoms. The highest BCUT2D eigenvalue weighted by atomic mass is 32.1. The van der Waals surface area contributed by atoms with Crippen LogP contribution in [0, 0.1) is 18.3 Å². The molecule has 8 nitrogen and oxygen atoms in total. The molecule has 2 aliphatic rings. The van der Waals surface area contributed by atoms with Gasteiger partial charge in [0.05, 0.1) is 28.2 Å². The van der Waals surface area contributed by atoms with Crippen LogP contribution in [0.5, 0.6) is 0 Å². The van der Waals surface area contributed by atoms with E-state index in [1.54, 1.807) is 22.3 Å². The first-order chi connectivity index (χ1) is 19.9. The molecular weight excluding hydrogens is 548 g/mol. The minimum atomic E-state index is -0.835. The van der Waals surface area contributed by atoms with Gasteiger partial charge in [0.15, 0.2) is 0 Å². The molecule has 3 amide bonds. The van der Waals surface area contributed by atoms with Crippen LogP contribution in [0.15, 0.2) is 54.0 Å². The Bertz CT molecular complexity index is 1480. The number of aliphatic hydroxyl groups is 1. The van der Waals surface area contributed by atoms with Crippen molar-refractivity contribution < 1.29 is 19.5 Å². The lowest BCUT2D eigenvalue weighted by Crippen LogP contribution is -2.56. The van der Waals surface area contributed by atoms with Gasteiger partial charge in [0, 0.05) is 25.1 Å². The standard InChI is InChI=1S/C33H40N4O4S/c1-19(2)27(37-16-23-9-7-8-10-25(23)31(37)40)32(41)36-17-24(38)15-26(36)30(39)35-29(33(4,5)6)22-13-11-21(12-14-22)28-20(3)34-18-42-28/h7-14,18-19,24,26-27,29,38H,15-17H2,1-6H3,(H,35,39)/t24-,26+,27+,29?/m1/s1. The summed E-state index contributed by atoms with van der Waals surface area (Å²) in [6, 6.07) is 13.7. The molecule has 5 rings (SSSR count). The largest absolute Gasteiger partial charge is 0.391 e. The van der Waals surface area contributed by atoms with Crippen molar-refractivity contribution in [3.8, 4) is 10.4 Å². The minimum absolute atomic E-state index is 0.0538. The number of fused-ring (bicyclic) bond motifs is 1. The van der Waals surface area contributed by atoms with E-state index in [1.165, 1.54) is 4.90 Å². The zero-order valence-corrected chi connectivity index (χ0v) is 25.9. The summed E-state index contributed by atoms with van der Waals surface area (Å²) in [7, 11) is 0. The van der Waals surface area contributed by atoms with Crippen molar-refractivity contribution in [2.75, 3.05) is 6.54 Å². The van der Waals surface area contributed by atoms with Crippen LogP contribution in [-0.4, -0.2) is 62.3 Å². The van der Waals surface area contributed by atoms with Crippen molar-refractivity contribution in [2.24, 2.45) is 11.3 Å². The quantitative estimate of drug-likeness (QED) is 0.406. The van der Waals surface area contributed by atoms with Gasteiger partial charge in [-0.15, -0.1) is 11.3 Å². The van der Waals surface area contributed by atoms with Crippen LogP contribution >= 0.6 is 11.3 Å². The second-order valence-electron chi connectivity index (χ2n) is 12.9. The third-order valence-corrected chi connectivity index (χ3v) is 9.32. The van der Waals surface area contributed by atoms with Gasteiger partial charge in [-0.1, -0.05) is 77.1 Å². The molecule has 1 saturated heterocycles. The summed E-state index contributed by atoms with van der Waals surface area (Å²) in [5.74, 6) is -0.969. The van der Waals surface area contributed by atoms with Gasteiger partial charge < -0.3 is 20.2 Å². The number of amides is 3. The van der Waals surface area contributed by atoms with E-state index in [2.05, 4.69) is 31.1 Å². The van der Waals surface area contributed by atoms with Crippen LogP contribution in [0.2, 0.25) is 0 Å². The molecule has 1 aromatic heterocycles. The van der Waals surface area contributed by atoms with Gasteiger partial charge in [0.25, 0.3) is 5.91 Å². The Morgan fingerprint density at radius 1 is 1.10 bits per heavy atom. The second-order valence-corrected chi connectivity index (χ2v) is 13.7. The van der Waals surface area contributed by atoms with Crippen LogP contribution in [0.3, 0.4) is 0 Å². The Morgan fingerprint density at radius 3 is 2.38 bits per heavy atom. The van der Waals surface area contributed by atoms with Gasteiger partial charge >= 0.3 is 0 Å². The van der Waals surface area contributed by atoms with Gasteiger partial charge in [0.1, 0.15) is 12.1 Å². The van der Waals surface area contributed by atoms with E-state index in [-0.39, 0.29) is 48.1 Å². The number of aliphatic hydroxyl groups excluding tert-OH is 1. The van der Waals surface area contributed by atoms with Gasteiger partial charge in [-0.05, 0) is 41.0 Å². The smallest absolute Gasteiger partial charge is 0.255 e. The molecule has 9 heteroatoms. The number of aromatic nitrogens is 1. The summed E-state index contributed by atoms with van der Waals surface area (Å²) in [6.45, 7) is 12.4. The number of β-amino-alcohol motifs (C(OH)–C–C–N with tert-alkyl or cyclic N) is 1. The summed E-state index contributed by atoms with van der Waals surface area (Å²) < 4.78 is 0. The van der Waals surface area contributed by atoms with Gasteiger partial charge in [0.2, 0.25) is 11.8 Å². The van der Waals surface area contributed by atoms with Crippen molar-refractivity contribution in [1.82, 2.24) is 20.1 Å². The SMILES string of the molecule is Cc1ncsc1-c1ccc(C(NC(=O)[C@@H]2C[C@@H](O)CN2C(=O)[C@H](C(C)C)N2Cc3ccccc3C2=O)C(C)(C)C)cc1. The molecule has 3 aromatic rings. The first-order valence-corrected chi connectivity index (χ1v) is 15.4. The summed E-state index contributed by atoms with van der Waals surface area (Å²) >= 11 is 1.60. The number of nitrogens with one attached hydrogen (secondary N) is 1. The van der Waals surface area contributed by atoms with E-state index in [1.807, 2.05) is 68.7 Å². The molecule has 222 valence electrons. The number of aryl methyl sites for hydroxylation is 1. The molecule has 2 aromatic carbocycles. The fourth-order valence-corrected chi connectivity index (χ4v) is 7.01. The van der Waals surface area contributed by atoms with Crippen molar-refractivity contribution >= 4 is 29.1 Å². The fraction of sp³-hybridized carbons (Fsp3) is 0.455. The maximum atomic E-state index is 14.1. The first-order valence-electron chi connectivity index (χ1n) is 14.5. The number of hydrogen-bond acceptors (Lipinski definition) is 6. The Kier molecular flexibility index (Phi) is 8.27. The molecule has 4 atom stereocenters. The predicted octanol–water partition coefficient (Wildman–Crippen LogP) is 4.96. The minimum Gasteiger partial charge on any atom is -0.391 e. The van der Waals surface area contributed by atoms with E-state index in [0.717, 1.165) is 27.3 Å². The molecule has 2 N–H and O–H groups in total. The Balaban J connectivity index is 1.37. The number of benzene rings is 2. The molecule has 2 aliphatic heterocycles. The average molecular weight is 589 g/mol. The van der Waals surface area contributed by atoms with Crippen molar-refractivity contribution in [3.63, 3.8) is 0 Å². The van der Waals surface area contributed by atoms with Crippen LogP contribution in [0.1, 0.15) is 74.3 Å². The van der Waals surface area contributed by atoms with Crippen molar-refractivity contribution in [1.29, 1.82) is 0 Å². The molecule has 0 spiro atoms. The first kappa shape index (κ1) is 29.9. The van der Waals surface area contributed by atoms with Crippen molar-refractivity contribution in [3.05, 3.63) is 76.4 Å². The highest BCUT2D eigenvalue weighted by Crippen LogP contribution is 2.36. The van der Waals surface area contributed by atoms with E-state index in [9.17, 15) is 19.5 Å². The number of nitrogens with zero attached hydrogens (tertiary/aromatic N) is 3. The van der Waals surface area contributed by atoms with Crippen molar-refractivity contribution in [2.45, 2.75) is 78.7 Å². The number of hydrogen-bond donors (Lipinski definition) is 2. The van der Waals surface area contributed by atoms with Crippen LogP contribution in [0.25, 0.3) is 10.4 Å². The zero-order valence-electron chi connectivity index (χ0n) is 25.1. The molecule has 0 saturated carbocycles. The Morgan fingerprint density at radius 2 is 1.79 bits per heavy atom. The Labute approximate surface area is 251 Å². The third-order valence-electron chi connectivity index (χ3n) is 8.34. The second kappa shape index (κ2) is 11.6. The molecule has 0 aliphatic carbocycles. The number of carbonyl (C=O) groups is 3. The lowest BCUT2D eigenvalue weighted by Gasteiger charge is -2.37. The lowest BCUT2D eigenvalue weighted by molar-refractivity contribution is -0.143. The maximum absolute atomic E-state index is 14.1. The number of carbonyl (C=O) groups excluding carboxylic acids is 3. The summed E-state index contributed by atoms with van der Waals surface area (Å²) in [4.78, 5) is 49.8. The number of thiazole rings is 1. The molecule has 0 radical (unpaired) electrons. The Hall–Kier alpha value is -3.56. The normalized spacial score (nSPS) is 20.1. The third kappa shape index (κ3) is 5.72. The fourth-order valence-electron chi connectivity index (χ4n) is 6.20. The molecule has 42 heavy (non-hydrogen) atoms. The zero-order chi connectivity index (χ0) is 30.3. The number of rotatable bonds is 7. The van der Waals surface area contributed by atoms with E-state index >= 15 is 0 Å². The van der Waals surface area contributed by atoms with Crippen LogP contribution in [0.4, 0.5) is 0 Å². The molecule has 1 unspecified atom stereocenters.